The molecule has 7 nitrogen and oxygen atoms in total. The van der Waals surface area contributed by atoms with Gasteiger partial charge in [-0.1, -0.05) is 0 Å². The number of carbonyl (C=O) groups is 2. The van der Waals surface area contributed by atoms with Gasteiger partial charge in [-0.25, -0.2) is 9.59 Å². The second-order valence-electron chi connectivity index (χ2n) is 5.38. The molecule has 0 unspecified atom stereocenters. The van der Waals surface area contributed by atoms with Crippen molar-refractivity contribution in [3.63, 3.8) is 0 Å². The van der Waals surface area contributed by atoms with E-state index in [4.69, 9.17) is 9.47 Å². The Morgan fingerprint density at radius 2 is 1.68 bits per heavy atom. The number of carbonyl (C=O) groups excluding carboxylic acids is 2. The molecule has 1 aromatic carbocycles. The lowest BCUT2D eigenvalue weighted by Gasteiger charge is -2.10. The molecule has 0 aliphatic rings. The number of urea groups is 1. The normalized spacial score (nSPS) is 10.2. The maximum Gasteiger partial charge on any atom is 0.342 e. The first kappa shape index (κ1) is 18.4. The van der Waals surface area contributed by atoms with Gasteiger partial charge < -0.3 is 25.1 Å². The molecule has 7 heteroatoms. The van der Waals surface area contributed by atoms with Crippen LogP contribution in [-0.4, -0.2) is 30.2 Å². The quantitative estimate of drug-likeness (QED) is 0.693. The lowest BCUT2D eigenvalue weighted by Crippen LogP contribution is -2.21. The van der Waals surface area contributed by atoms with E-state index in [0.717, 1.165) is 5.75 Å². The van der Waals surface area contributed by atoms with Crippen LogP contribution < -0.4 is 15.4 Å². The van der Waals surface area contributed by atoms with Crippen LogP contribution in [0, 0.1) is 13.8 Å². The van der Waals surface area contributed by atoms with E-state index in [-0.39, 0.29) is 6.61 Å². The maximum atomic E-state index is 12.3. The van der Waals surface area contributed by atoms with Gasteiger partial charge >= 0.3 is 12.0 Å². The number of benzene rings is 1. The summed E-state index contributed by atoms with van der Waals surface area (Å²) in [5.74, 6) is 0.260. The highest BCUT2D eigenvalue weighted by Crippen LogP contribution is 2.25. The van der Waals surface area contributed by atoms with Crippen LogP contribution in [0.1, 0.15) is 35.6 Å². The Morgan fingerprint density at radius 3 is 2.28 bits per heavy atom. The molecule has 0 fully saturated rings. The van der Waals surface area contributed by atoms with Crippen LogP contribution in [0.15, 0.2) is 24.3 Å². The summed E-state index contributed by atoms with van der Waals surface area (Å²) in [7, 11) is 0. The Kier molecular flexibility index (Phi) is 6.05. The average Bonchev–Trinajstić information content (AvgIpc) is 2.83. The number of H-pyrrole nitrogens is 1. The van der Waals surface area contributed by atoms with E-state index in [0.29, 0.717) is 34.9 Å². The third kappa shape index (κ3) is 4.53. The Labute approximate surface area is 146 Å². The van der Waals surface area contributed by atoms with E-state index in [9.17, 15) is 9.59 Å². The summed E-state index contributed by atoms with van der Waals surface area (Å²) >= 11 is 0. The molecule has 1 aromatic heterocycles. The zero-order chi connectivity index (χ0) is 18.4. The van der Waals surface area contributed by atoms with Crippen LogP contribution in [0.3, 0.4) is 0 Å². The summed E-state index contributed by atoms with van der Waals surface area (Å²) in [6.07, 6.45) is 0. The molecule has 0 aliphatic heterocycles. The fraction of sp³-hybridized carbons (Fsp3) is 0.333. The van der Waals surface area contributed by atoms with Crippen molar-refractivity contribution in [2.75, 3.05) is 23.8 Å². The largest absolute Gasteiger partial charge is 0.494 e. The van der Waals surface area contributed by atoms with Crippen LogP contribution >= 0.6 is 0 Å². The molecule has 0 aliphatic carbocycles. The molecular formula is C18H23N3O4. The van der Waals surface area contributed by atoms with E-state index in [1.165, 1.54) is 0 Å². The van der Waals surface area contributed by atoms with Crippen LogP contribution in [0.25, 0.3) is 0 Å². The average molecular weight is 345 g/mol. The number of hydrogen-bond acceptors (Lipinski definition) is 4. The van der Waals surface area contributed by atoms with Crippen LogP contribution in [0.2, 0.25) is 0 Å². The minimum atomic E-state index is -0.472. The molecular weight excluding hydrogens is 322 g/mol. The molecule has 1 heterocycles. The van der Waals surface area contributed by atoms with Gasteiger partial charge in [-0.2, -0.15) is 0 Å². The number of ether oxygens (including phenoxy) is 2. The Hall–Kier alpha value is -2.96. The van der Waals surface area contributed by atoms with Crippen molar-refractivity contribution in [1.29, 1.82) is 0 Å². The molecule has 0 atom stereocenters. The third-order valence-electron chi connectivity index (χ3n) is 3.52. The maximum absolute atomic E-state index is 12.3. The lowest BCUT2D eigenvalue weighted by molar-refractivity contribution is 0.0527. The van der Waals surface area contributed by atoms with Gasteiger partial charge in [0.05, 0.1) is 18.9 Å². The molecule has 134 valence electrons. The van der Waals surface area contributed by atoms with Crippen molar-refractivity contribution >= 4 is 23.4 Å². The molecule has 0 saturated heterocycles. The highest BCUT2D eigenvalue weighted by molar-refractivity contribution is 6.06. The molecule has 0 spiro atoms. The molecule has 3 N–H and O–H groups in total. The van der Waals surface area contributed by atoms with Gasteiger partial charge in [-0.15, -0.1) is 0 Å². The summed E-state index contributed by atoms with van der Waals surface area (Å²) in [5, 5.41) is 5.44. The zero-order valence-electron chi connectivity index (χ0n) is 14.9. The Bertz CT molecular complexity index is 750. The highest BCUT2D eigenvalue weighted by atomic mass is 16.5. The molecule has 0 saturated carbocycles. The number of rotatable bonds is 6. The van der Waals surface area contributed by atoms with Gasteiger partial charge in [0.25, 0.3) is 0 Å². The fourth-order valence-electron chi connectivity index (χ4n) is 2.47. The number of aromatic nitrogens is 1. The predicted octanol–water partition coefficient (Wildman–Crippen LogP) is 3.85. The molecule has 2 rings (SSSR count). The van der Waals surface area contributed by atoms with E-state index in [1.54, 1.807) is 45.0 Å². The van der Waals surface area contributed by atoms with E-state index in [1.807, 2.05) is 6.92 Å². The third-order valence-corrected chi connectivity index (χ3v) is 3.52. The second-order valence-corrected chi connectivity index (χ2v) is 5.38. The monoisotopic (exact) mass is 345 g/mol. The van der Waals surface area contributed by atoms with E-state index < -0.39 is 12.0 Å². The van der Waals surface area contributed by atoms with Crippen molar-refractivity contribution < 1.29 is 19.1 Å². The van der Waals surface area contributed by atoms with Crippen molar-refractivity contribution in [1.82, 2.24) is 4.98 Å². The molecule has 2 amide bonds. The van der Waals surface area contributed by atoms with Crippen molar-refractivity contribution in [3.8, 4) is 5.75 Å². The summed E-state index contributed by atoms with van der Waals surface area (Å²) in [4.78, 5) is 27.4. The molecule has 2 aromatic rings. The van der Waals surface area contributed by atoms with Crippen molar-refractivity contribution in [3.05, 3.63) is 41.2 Å². The first-order chi connectivity index (χ1) is 12.0. The topological polar surface area (TPSA) is 92.5 Å². The summed E-state index contributed by atoms with van der Waals surface area (Å²) in [6, 6.07) is 6.58. The fourth-order valence-corrected chi connectivity index (χ4v) is 2.47. The van der Waals surface area contributed by atoms with Crippen molar-refractivity contribution in [2.45, 2.75) is 27.7 Å². The summed E-state index contributed by atoms with van der Waals surface area (Å²) in [5.41, 5.74) is 2.69. The van der Waals surface area contributed by atoms with Gasteiger partial charge in [-0.3, -0.25) is 0 Å². The Balaban J connectivity index is 2.11. The number of anilines is 2. The Morgan fingerprint density at radius 1 is 1.00 bits per heavy atom. The molecule has 0 bridgehead atoms. The van der Waals surface area contributed by atoms with Gasteiger partial charge in [0.15, 0.2) is 0 Å². The van der Waals surface area contributed by atoms with E-state index in [2.05, 4.69) is 15.6 Å². The molecule has 0 radical (unpaired) electrons. The molecule has 25 heavy (non-hydrogen) atoms. The minimum absolute atomic E-state index is 0.264. The van der Waals surface area contributed by atoms with Crippen molar-refractivity contribution in [2.24, 2.45) is 0 Å². The van der Waals surface area contributed by atoms with Gasteiger partial charge in [0.2, 0.25) is 0 Å². The summed E-state index contributed by atoms with van der Waals surface area (Å²) < 4.78 is 10.4. The smallest absolute Gasteiger partial charge is 0.342 e. The number of amides is 2. The minimum Gasteiger partial charge on any atom is -0.494 e. The van der Waals surface area contributed by atoms with Gasteiger partial charge in [0, 0.05) is 17.1 Å². The number of aromatic amines is 1. The summed E-state index contributed by atoms with van der Waals surface area (Å²) in [6.45, 7) is 8.02. The number of aryl methyl sites for hydroxylation is 2. The second kappa shape index (κ2) is 8.23. The van der Waals surface area contributed by atoms with Crippen LogP contribution in [-0.2, 0) is 4.74 Å². The number of nitrogens with one attached hydrogen (secondary N) is 3. The predicted molar refractivity (Wildman–Crippen MR) is 96.5 cm³/mol. The lowest BCUT2D eigenvalue weighted by atomic mass is 10.2. The number of hydrogen-bond donors (Lipinski definition) is 3. The first-order valence-electron chi connectivity index (χ1n) is 8.13. The van der Waals surface area contributed by atoms with Gasteiger partial charge in [0.1, 0.15) is 11.3 Å². The highest BCUT2D eigenvalue weighted by Gasteiger charge is 2.22. The van der Waals surface area contributed by atoms with Gasteiger partial charge in [-0.05, 0) is 52.0 Å². The SMILES string of the molecule is CCOC(=O)c1c(C)[nH]c(C)c1NC(=O)Nc1ccc(OCC)cc1. The van der Waals surface area contributed by atoms with Crippen LogP contribution in [0.4, 0.5) is 16.2 Å². The standard InChI is InChI=1S/C18H23N3O4/c1-5-24-14-9-7-13(8-10-14)20-18(23)21-16-12(4)19-11(3)15(16)17(22)25-6-2/h7-10,19H,5-6H2,1-4H3,(H2,20,21,23). The first-order valence-corrected chi connectivity index (χ1v) is 8.13. The van der Waals surface area contributed by atoms with E-state index >= 15 is 0 Å². The van der Waals surface area contributed by atoms with Crippen LogP contribution in [0.5, 0.6) is 5.75 Å². The number of esters is 1. The zero-order valence-corrected chi connectivity index (χ0v) is 14.9.